The topological polar surface area (TPSA) is 43.6 Å². The lowest BCUT2D eigenvalue weighted by Gasteiger charge is -2.23. The summed E-state index contributed by atoms with van der Waals surface area (Å²) in [5.41, 5.74) is 6.65. The van der Waals surface area contributed by atoms with Crippen molar-refractivity contribution in [3.8, 4) is 17.0 Å². The van der Waals surface area contributed by atoms with Gasteiger partial charge >= 0.3 is 0 Å². The van der Waals surface area contributed by atoms with Crippen LogP contribution in [-0.4, -0.2) is 11.2 Å². The minimum absolute atomic E-state index is 0.400. The number of ether oxygens (including phenoxy) is 1. The Morgan fingerprint density at radius 1 is 1.11 bits per heavy atom. The van der Waals surface area contributed by atoms with Gasteiger partial charge in [0.05, 0.1) is 12.2 Å². The van der Waals surface area contributed by atoms with Crippen molar-refractivity contribution in [2.24, 2.45) is 5.18 Å². The number of benzene rings is 2. The number of nitrogens with zero attached hydrogens (tertiary/aromatic N) is 2. The van der Waals surface area contributed by atoms with Crippen LogP contribution in [0.15, 0.2) is 41.6 Å². The van der Waals surface area contributed by atoms with Crippen LogP contribution in [0.4, 0.5) is 5.69 Å². The highest BCUT2D eigenvalue weighted by Gasteiger charge is 2.30. The van der Waals surface area contributed by atoms with E-state index >= 15 is 0 Å². The lowest BCUT2D eigenvalue weighted by molar-refractivity contribution is 0.309. The van der Waals surface area contributed by atoms with E-state index in [0.717, 1.165) is 12.1 Å². The lowest BCUT2D eigenvalue weighted by Crippen LogP contribution is -2.07. The smallest absolute Gasteiger partial charge is 0.157 e. The van der Waals surface area contributed by atoms with Crippen molar-refractivity contribution in [3.05, 3.63) is 52.4 Å². The largest absolute Gasteiger partial charge is 0.489 e. The Hall–Kier alpha value is -2.62. The minimum atomic E-state index is 0.400. The molecule has 0 unspecified atom stereocenters. The molecule has 1 saturated carbocycles. The van der Waals surface area contributed by atoms with Gasteiger partial charge in [-0.1, -0.05) is 37.5 Å². The van der Waals surface area contributed by atoms with Gasteiger partial charge in [0.2, 0.25) is 0 Å². The summed E-state index contributed by atoms with van der Waals surface area (Å²) in [6.07, 6.45) is 6.40. The molecule has 3 aromatic rings. The Morgan fingerprint density at radius 3 is 2.78 bits per heavy atom. The molecule has 0 radical (unpaired) electrons. The van der Waals surface area contributed by atoms with Gasteiger partial charge in [0, 0.05) is 16.5 Å². The molecule has 0 atom stereocenters. The Bertz CT molecular complexity index is 1030. The minimum Gasteiger partial charge on any atom is -0.489 e. The Kier molecular flexibility index (Phi) is 4.00. The molecule has 1 aliphatic heterocycles. The van der Waals surface area contributed by atoms with Crippen molar-refractivity contribution in [1.29, 1.82) is 0 Å². The summed E-state index contributed by atoms with van der Waals surface area (Å²) in [5, 5.41) is 4.59. The summed E-state index contributed by atoms with van der Waals surface area (Å²) >= 11 is 0. The highest BCUT2D eigenvalue weighted by molar-refractivity contribution is 5.95. The quantitative estimate of drug-likeness (QED) is 0.493. The number of hydrogen-bond donors (Lipinski definition) is 0. The Labute approximate surface area is 159 Å². The third kappa shape index (κ3) is 2.58. The molecule has 0 N–H and O–H groups in total. The highest BCUT2D eigenvalue weighted by atomic mass is 16.5. The first kappa shape index (κ1) is 16.5. The Morgan fingerprint density at radius 2 is 1.96 bits per heavy atom. The second-order valence-electron chi connectivity index (χ2n) is 7.86. The molecule has 4 heteroatoms. The number of nitroso groups, excluding NO2 is 1. The lowest BCUT2D eigenvalue weighted by atomic mass is 9.81. The van der Waals surface area contributed by atoms with E-state index < -0.39 is 0 Å². The number of aromatic nitrogens is 1. The molecule has 2 aromatic carbocycles. The summed E-state index contributed by atoms with van der Waals surface area (Å²) in [6, 6.07) is 12.5. The van der Waals surface area contributed by atoms with Gasteiger partial charge in [-0.3, -0.25) is 0 Å². The van der Waals surface area contributed by atoms with Crippen molar-refractivity contribution in [2.75, 3.05) is 6.61 Å². The third-order valence-corrected chi connectivity index (χ3v) is 6.18. The van der Waals surface area contributed by atoms with Crippen LogP contribution < -0.4 is 4.74 Å². The fraction of sp³-hybridized carbons (Fsp3) is 0.391. The summed E-state index contributed by atoms with van der Waals surface area (Å²) in [5.74, 6) is 1.21. The summed E-state index contributed by atoms with van der Waals surface area (Å²) in [7, 11) is 0. The molecule has 138 valence electrons. The van der Waals surface area contributed by atoms with Crippen LogP contribution in [0.1, 0.15) is 49.1 Å². The van der Waals surface area contributed by atoms with E-state index in [-0.39, 0.29) is 0 Å². The summed E-state index contributed by atoms with van der Waals surface area (Å²) < 4.78 is 8.43. The maximum atomic E-state index is 11.4. The predicted molar refractivity (Wildman–Crippen MR) is 109 cm³/mol. The molecule has 2 aliphatic rings. The maximum absolute atomic E-state index is 11.4. The number of rotatable bonds is 2. The summed E-state index contributed by atoms with van der Waals surface area (Å²) in [4.78, 5) is 11.4. The molecule has 1 aromatic heterocycles. The summed E-state index contributed by atoms with van der Waals surface area (Å²) in [6.45, 7) is 3.48. The zero-order valence-corrected chi connectivity index (χ0v) is 15.7. The molecule has 1 fully saturated rings. The molecule has 5 rings (SSSR count). The standard InChI is InChI=1S/C23H24N2O2/c1-15-10-11-17-20(14-15)25-12-13-27-23-18(8-5-9-19(23)24-26)22(25)21(17)16-6-3-2-4-7-16/h5,8-11,14,16H,2-4,6-7,12-13H2,1H3. The van der Waals surface area contributed by atoms with Gasteiger partial charge in [-0.05, 0) is 60.2 Å². The first-order valence-corrected chi connectivity index (χ1v) is 10.00. The van der Waals surface area contributed by atoms with E-state index in [0.29, 0.717) is 24.0 Å². The molecule has 0 amide bonds. The second-order valence-corrected chi connectivity index (χ2v) is 7.86. The second kappa shape index (κ2) is 6.52. The van der Waals surface area contributed by atoms with E-state index in [4.69, 9.17) is 4.74 Å². The van der Waals surface area contributed by atoms with Crippen molar-refractivity contribution >= 4 is 16.6 Å². The molecule has 0 spiro atoms. The number of fused-ring (bicyclic) bond motifs is 5. The van der Waals surface area contributed by atoms with Gasteiger partial charge in [0.15, 0.2) is 11.4 Å². The number of para-hydroxylation sites is 1. The zero-order chi connectivity index (χ0) is 18.4. The molecule has 2 heterocycles. The van der Waals surface area contributed by atoms with E-state index in [1.165, 1.54) is 59.8 Å². The molecule has 1 aliphatic carbocycles. The van der Waals surface area contributed by atoms with E-state index in [9.17, 15) is 4.91 Å². The fourth-order valence-corrected chi connectivity index (χ4v) is 4.99. The van der Waals surface area contributed by atoms with Crippen molar-refractivity contribution < 1.29 is 4.74 Å². The zero-order valence-electron chi connectivity index (χ0n) is 15.7. The van der Waals surface area contributed by atoms with Gasteiger partial charge in [-0.25, -0.2) is 0 Å². The van der Waals surface area contributed by atoms with E-state index in [1.807, 2.05) is 6.07 Å². The molecule has 0 saturated heterocycles. The average Bonchev–Trinajstić information content (AvgIpc) is 2.89. The first-order valence-electron chi connectivity index (χ1n) is 10.00. The van der Waals surface area contributed by atoms with Gasteiger partial charge in [0.1, 0.15) is 6.61 Å². The number of hydrogen-bond acceptors (Lipinski definition) is 3. The van der Waals surface area contributed by atoms with Crippen molar-refractivity contribution in [3.63, 3.8) is 0 Å². The van der Waals surface area contributed by atoms with Crippen molar-refractivity contribution in [1.82, 2.24) is 4.57 Å². The van der Waals surface area contributed by atoms with Crippen LogP contribution in [0.5, 0.6) is 5.75 Å². The average molecular weight is 360 g/mol. The molecular weight excluding hydrogens is 336 g/mol. The van der Waals surface area contributed by atoms with Crippen LogP contribution >= 0.6 is 0 Å². The van der Waals surface area contributed by atoms with Gasteiger partial charge in [-0.15, -0.1) is 4.91 Å². The van der Waals surface area contributed by atoms with Crippen LogP contribution in [0.2, 0.25) is 0 Å². The third-order valence-electron chi connectivity index (χ3n) is 6.18. The van der Waals surface area contributed by atoms with E-state index in [2.05, 4.69) is 40.9 Å². The molecule has 4 nitrogen and oxygen atoms in total. The predicted octanol–water partition coefficient (Wildman–Crippen LogP) is 6.45. The van der Waals surface area contributed by atoms with Crippen LogP contribution in [-0.2, 0) is 6.54 Å². The monoisotopic (exact) mass is 360 g/mol. The van der Waals surface area contributed by atoms with E-state index in [1.54, 1.807) is 6.07 Å². The highest BCUT2D eigenvalue weighted by Crippen LogP contribution is 2.49. The van der Waals surface area contributed by atoms with Crippen LogP contribution in [0.3, 0.4) is 0 Å². The van der Waals surface area contributed by atoms with Crippen molar-refractivity contribution in [2.45, 2.75) is 51.5 Å². The first-order chi connectivity index (χ1) is 13.3. The van der Waals surface area contributed by atoms with Gasteiger partial charge in [0.25, 0.3) is 0 Å². The van der Waals surface area contributed by atoms with Gasteiger partial charge < -0.3 is 9.30 Å². The van der Waals surface area contributed by atoms with Gasteiger partial charge in [-0.2, -0.15) is 0 Å². The Balaban J connectivity index is 1.86. The molecule has 0 bridgehead atoms. The van der Waals surface area contributed by atoms with Crippen LogP contribution in [0, 0.1) is 11.8 Å². The van der Waals surface area contributed by atoms with Crippen LogP contribution in [0.25, 0.3) is 22.2 Å². The molecular formula is C23H24N2O2. The normalized spacial score (nSPS) is 17.1. The molecule has 27 heavy (non-hydrogen) atoms. The fourth-order valence-electron chi connectivity index (χ4n) is 4.99. The maximum Gasteiger partial charge on any atom is 0.157 e. The number of aryl methyl sites for hydroxylation is 1. The SMILES string of the molecule is Cc1ccc2c(C3CCCCC3)c3n(c2c1)CCOc1c(N=O)cccc1-3.